The minimum Gasteiger partial charge on any atom is -0.495 e. The van der Waals surface area contributed by atoms with E-state index in [2.05, 4.69) is 0 Å². The van der Waals surface area contributed by atoms with Gasteiger partial charge in [0.1, 0.15) is 22.8 Å². The Morgan fingerprint density at radius 1 is 0.586 bits per heavy atom. The summed E-state index contributed by atoms with van der Waals surface area (Å²) < 4.78 is 15.7. The van der Waals surface area contributed by atoms with Crippen molar-refractivity contribution in [2.45, 2.75) is 5.60 Å². The monoisotopic (exact) mass is 452 g/mol. The SMILES string of the molecule is COc1ccc(C(O)(c2ccc(OC)c(Cl)c2)c2ccc(OC)c(Cl)c2)cc1Cl. The summed E-state index contributed by atoms with van der Waals surface area (Å²) in [5.74, 6) is 1.50. The summed E-state index contributed by atoms with van der Waals surface area (Å²) in [6.07, 6.45) is 0. The van der Waals surface area contributed by atoms with Gasteiger partial charge in [-0.3, -0.25) is 0 Å². The van der Waals surface area contributed by atoms with E-state index < -0.39 is 5.60 Å². The fraction of sp³-hybridized carbons (Fsp3) is 0.182. The first-order valence-electron chi connectivity index (χ1n) is 8.59. The zero-order chi connectivity index (χ0) is 21.2. The van der Waals surface area contributed by atoms with Gasteiger partial charge in [-0.2, -0.15) is 0 Å². The fourth-order valence-electron chi connectivity index (χ4n) is 3.17. The number of benzene rings is 3. The van der Waals surface area contributed by atoms with Crippen LogP contribution in [0.25, 0.3) is 0 Å². The van der Waals surface area contributed by atoms with E-state index in [1.54, 1.807) is 54.6 Å². The largest absolute Gasteiger partial charge is 0.495 e. The lowest BCUT2D eigenvalue weighted by atomic mass is 9.80. The summed E-state index contributed by atoms with van der Waals surface area (Å²) >= 11 is 19.0. The van der Waals surface area contributed by atoms with Crippen molar-refractivity contribution in [3.05, 3.63) is 86.4 Å². The third-order valence-electron chi connectivity index (χ3n) is 4.71. The van der Waals surface area contributed by atoms with E-state index in [1.165, 1.54) is 21.3 Å². The van der Waals surface area contributed by atoms with E-state index in [0.717, 1.165) is 0 Å². The molecular weight excluding hydrogens is 435 g/mol. The van der Waals surface area contributed by atoms with Gasteiger partial charge in [-0.15, -0.1) is 0 Å². The molecule has 7 heteroatoms. The van der Waals surface area contributed by atoms with Crippen molar-refractivity contribution >= 4 is 34.8 Å². The average Bonchev–Trinajstić information content (AvgIpc) is 2.72. The molecule has 0 aromatic heterocycles. The number of methoxy groups -OCH3 is 3. The van der Waals surface area contributed by atoms with Gasteiger partial charge in [0.15, 0.2) is 0 Å². The van der Waals surface area contributed by atoms with Crippen molar-refractivity contribution in [3.8, 4) is 17.2 Å². The molecule has 29 heavy (non-hydrogen) atoms. The number of aliphatic hydroxyl groups is 1. The van der Waals surface area contributed by atoms with Crippen LogP contribution < -0.4 is 14.2 Å². The van der Waals surface area contributed by atoms with E-state index in [0.29, 0.717) is 49.0 Å². The summed E-state index contributed by atoms with van der Waals surface area (Å²) in [7, 11) is 4.58. The van der Waals surface area contributed by atoms with Gasteiger partial charge in [0.25, 0.3) is 0 Å². The Balaban J connectivity index is 2.27. The van der Waals surface area contributed by atoms with Crippen molar-refractivity contribution in [1.29, 1.82) is 0 Å². The van der Waals surface area contributed by atoms with Crippen LogP contribution >= 0.6 is 34.8 Å². The highest BCUT2D eigenvalue weighted by molar-refractivity contribution is 6.33. The minimum absolute atomic E-state index is 0.364. The van der Waals surface area contributed by atoms with E-state index in [-0.39, 0.29) is 0 Å². The summed E-state index contributed by atoms with van der Waals surface area (Å²) in [4.78, 5) is 0. The second-order valence-electron chi connectivity index (χ2n) is 6.26. The second kappa shape index (κ2) is 8.72. The maximum absolute atomic E-state index is 12.0. The topological polar surface area (TPSA) is 47.9 Å². The normalized spacial score (nSPS) is 11.3. The predicted molar refractivity (Wildman–Crippen MR) is 116 cm³/mol. The zero-order valence-corrected chi connectivity index (χ0v) is 18.3. The van der Waals surface area contributed by atoms with Crippen molar-refractivity contribution < 1.29 is 19.3 Å². The van der Waals surface area contributed by atoms with Crippen LogP contribution in [-0.2, 0) is 5.60 Å². The molecule has 0 fully saturated rings. The number of hydrogen-bond acceptors (Lipinski definition) is 4. The molecule has 0 amide bonds. The van der Waals surface area contributed by atoms with Crippen molar-refractivity contribution in [1.82, 2.24) is 0 Å². The quantitative estimate of drug-likeness (QED) is 0.468. The van der Waals surface area contributed by atoms with Crippen LogP contribution in [0.2, 0.25) is 15.1 Å². The van der Waals surface area contributed by atoms with Gasteiger partial charge in [-0.25, -0.2) is 0 Å². The van der Waals surface area contributed by atoms with Crippen LogP contribution in [0.3, 0.4) is 0 Å². The van der Waals surface area contributed by atoms with Gasteiger partial charge in [-0.05, 0) is 53.1 Å². The lowest BCUT2D eigenvalue weighted by molar-refractivity contribution is 0.125. The molecule has 0 radical (unpaired) electrons. The van der Waals surface area contributed by atoms with Gasteiger partial charge in [0.05, 0.1) is 36.4 Å². The van der Waals surface area contributed by atoms with Gasteiger partial charge in [-0.1, -0.05) is 53.0 Å². The van der Waals surface area contributed by atoms with E-state index in [9.17, 15) is 5.11 Å². The van der Waals surface area contributed by atoms with Crippen LogP contribution in [-0.4, -0.2) is 26.4 Å². The molecule has 0 bridgehead atoms. The summed E-state index contributed by atoms with van der Waals surface area (Å²) in [6, 6.07) is 15.2. The smallest absolute Gasteiger partial charge is 0.140 e. The van der Waals surface area contributed by atoms with Gasteiger partial charge >= 0.3 is 0 Å². The minimum atomic E-state index is -1.60. The molecule has 1 N–H and O–H groups in total. The molecular formula is C22H19Cl3O4. The second-order valence-corrected chi connectivity index (χ2v) is 7.48. The summed E-state index contributed by atoms with van der Waals surface area (Å²) in [5, 5.41) is 13.1. The number of hydrogen-bond donors (Lipinski definition) is 1. The van der Waals surface area contributed by atoms with E-state index in [1.807, 2.05) is 0 Å². The first-order chi connectivity index (χ1) is 13.8. The average molecular weight is 454 g/mol. The molecule has 0 aliphatic rings. The molecule has 3 aromatic carbocycles. The highest BCUT2D eigenvalue weighted by Gasteiger charge is 2.35. The Hall–Kier alpha value is -2.11. The highest BCUT2D eigenvalue weighted by atomic mass is 35.5. The molecule has 3 rings (SSSR count). The molecule has 3 aromatic rings. The highest BCUT2D eigenvalue weighted by Crippen LogP contribution is 2.43. The molecule has 0 saturated heterocycles. The van der Waals surface area contributed by atoms with Crippen LogP contribution in [0.1, 0.15) is 16.7 Å². The van der Waals surface area contributed by atoms with Crippen molar-refractivity contribution in [2.75, 3.05) is 21.3 Å². The lowest BCUT2D eigenvalue weighted by Gasteiger charge is -2.31. The Morgan fingerprint density at radius 3 is 1.07 bits per heavy atom. The van der Waals surface area contributed by atoms with Crippen molar-refractivity contribution in [2.24, 2.45) is 0 Å². The molecule has 0 spiro atoms. The summed E-state index contributed by atoms with van der Waals surface area (Å²) in [6.45, 7) is 0. The maximum atomic E-state index is 12.0. The van der Waals surface area contributed by atoms with E-state index >= 15 is 0 Å². The third-order valence-corrected chi connectivity index (χ3v) is 5.59. The number of rotatable bonds is 6. The van der Waals surface area contributed by atoms with Crippen LogP contribution in [0.5, 0.6) is 17.2 Å². The fourth-order valence-corrected chi connectivity index (χ4v) is 3.95. The first-order valence-corrected chi connectivity index (χ1v) is 9.73. The maximum Gasteiger partial charge on any atom is 0.140 e. The Bertz CT molecular complexity index is 907. The van der Waals surface area contributed by atoms with E-state index in [4.69, 9.17) is 49.0 Å². The number of halogens is 3. The van der Waals surface area contributed by atoms with Gasteiger partial charge < -0.3 is 19.3 Å². The molecule has 152 valence electrons. The van der Waals surface area contributed by atoms with Crippen LogP contribution in [0, 0.1) is 0 Å². The molecule has 0 saturated carbocycles. The Morgan fingerprint density at radius 2 is 0.862 bits per heavy atom. The van der Waals surface area contributed by atoms with Crippen LogP contribution in [0.15, 0.2) is 54.6 Å². The summed E-state index contributed by atoms with van der Waals surface area (Å²) in [5.41, 5.74) is -0.0378. The Labute approximate surface area is 184 Å². The predicted octanol–water partition coefficient (Wildman–Crippen LogP) is 5.96. The van der Waals surface area contributed by atoms with Gasteiger partial charge in [0, 0.05) is 0 Å². The van der Waals surface area contributed by atoms with Crippen molar-refractivity contribution in [3.63, 3.8) is 0 Å². The number of ether oxygens (including phenoxy) is 3. The molecule has 0 atom stereocenters. The molecule has 0 aliphatic heterocycles. The Kier molecular flexibility index (Phi) is 6.49. The molecule has 4 nitrogen and oxygen atoms in total. The van der Waals surface area contributed by atoms with Crippen LogP contribution in [0.4, 0.5) is 0 Å². The lowest BCUT2D eigenvalue weighted by Crippen LogP contribution is -2.29. The first kappa shape index (κ1) is 21.6. The zero-order valence-electron chi connectivity index (χ0n) is 16.0. The molecule has 0 aliphatic carbocycles. The standard InChI is InChI=1S/C22H19Cl3O4/c1-27-19-7-4-13(10-16(19)23)22(26,14-5-8-20(28-2)17(24)11-14)15-6-9-21(29-3)18(25)12-15/h4-12,26H,1-3H3. The van der Waals surface area contributed by atoms with Gasteiger partial charge in [0.2, 0.25) is 0 Å². The third kappa shape index (κ3) is 3.99. The molecule has 0 heterocycles. The molecule has 0 unspecified atom stereocenters.